The van der Waals surface area contributed by atoms with Crippen molar-refractivity contribution in [3.05, 3.63) is 67.0 Å². The largest absolute Gasteiger partial charge is 0.251 e. The number of para-hydroxylation sites is 1. The number of aromatic nitrogens is 4. The van der Waals surface area contributed by atoms with Crippen molar-refractivity contribution in [2.75, 3.05) is 6.26 Å². The summed E-state index contributed by atoms with van der Waals surface area (Å²) >= 11 is 1.63. The van der Waals surface area contributed by atoms with Crippen molar-refractivity contribution in [1.29, 1.82) is 0 Å². The Morgan fingerprint density at radius 2 is 1.52 bits per heavy atom. The number of thioether (sulfide) groups is 1. The first-order chi connectivity index (χ1) is 11.4. The molecule has 0 saturated heterocycles. The van der Waals surface area contributed by atoms with Gasteiger partial charge in [-0.1, -0.05) is 48.5 Å². The summed E-state index contributed by atoms with van der Waals surface area (Å²) in [5.74, 6) is 0.584. The standard InChI is InChI=1S/C18H14N4S/c1-23-17-15-9-5-6-10-16(15)22(21-17)18-19-11-14(12-20-18)13-7-3-2-4-8-13/h2-12H,1H3. The fourth-order valence-electron chi connectivity index (χ4n) is 2.55. The predicted octanol–water partition coefficient (Wildman–Crippen LogP) is 4.20. The second-order valence-electron chi connectivity index (χ2n) is 5.08. The lowest BCUT2D eigenvalue weighted by molar-refractivity contribution is 0.801. The summed E-state index contributed by atoms with van der Waals surface area (Å²) in [5, 5.41) is 6.74. The summed E-state index contributed by atoms with van der Waals surface area (Å²) < 4.78 is 1.80. The Balaban J connectivity index is 1.80. The minimum Gasteiger partial charge on any atom is -0.219 e. The van der Waals surface area contributed by atoms with Crippen LogP contribution in [0.2, 0.25) is 0 Å². The van der Waals surface area contributed by atoms with E-state index in [-0.39, 0.29) is 0 Å². The van der Waals surface area contributed by atoms with Gasteiger partial charge in [0.1, 0.15) is 5.03 Å². The van der Waals surface area contributed by atoms with Gasteiger partial charge in [0.25, 0.3) is 5.95 Å². The summed E-state index contributed by atoms with van der Waals surface area (Å²) in [6.45, 7) is 0. The third-order valence-corrected chi connectivity index (χ3v) is 4.37. The maximum absolute atomic E-state index is 4.64. The van der Waals surface area contributed by atoms with Gasteiger partial charge in [0.2, 0.25) is 0 Å². The Bertz CT molecular complexity index is 946. The highest BCUT2D eigenvalue weighted by Crippen LogP contribution is 2.27. The summed E-state index contributed by atoms with van der Waals surface area (Å²) in [6.07, 6.45) is 5.71. The van der Waals surface area contributed by atoms with Crippen molar-refractivity contribution in [1.82, 2.24) is 19.7 Å². The molecular formula is C18H14N4S. The molecule has 0 spiro atoms. The molecule has 112 valence electrons. The van der Waals surface area contributed by atoms with Crippen molar-refractivity contribution >= 4 is 22.7 Å². The van der Waals surface area contributed by atoms with E-state index >= 15 is 0 Å². The van der Waals surface area contributed by atoms with Crippen LogP contribution >= 0.6 is 11.8 Å². The van der Waals surface area contributed by atoms with E-state index in [0.717, 1.165) is 27.1 Å². The number of rotatable bonds is 3. The van der Waals surface area contributed by atoms with Gasteiger partial charge in [-0.2, -0.15) is 9.78 Å². The third kappa shape index (κ3) is 2.49. The van der Waals surface area contributed by atoms with E-state index in [1.54, 1.807) is 16.4 Å². The van der Waals surface area contributed by atoms with Gasteiger partial charge in [0.05, 0.1) is 5.52 Å². The van der Waals surface area contributed by atoms with Gasteiger partial charge in [-0.05, 0) is 17.9 Å². The van der Waals surface area contributed by atoms with E-state index in [1.165, 1.54) is 0 Å². The molecule has 0 unspecified atom stereocenters. The molecule has 2 heterocycles. The summed E-state index contributed by atoms with van der Waals surface area (Å²) in [5.41, 5.74) is 3.12. The molecular weight excluding hydrogens is 304 g/mol. The highest BCUT2D eigenvalue weighted by Gasteiger charge is 2.12. The molecule has 2 aromatic heterocycles. The Kier molecular flexibility index (Phi) is 3.55. The highest BCUT2D eigenvalue weighted by atomic mass is 32.2. The fraction of sp³-hybridized carbons (Fsp3) is 0.0556. The fourth-order valence-corrected chi connectivity index (χ4v) is 3.11. The molecule has 0 bridgehead atoms. The minimum atomic E-state index is 0.584. The Morgan fingerprint density at radius 1 is 0.826 bits per heavy atom. The van der Waals surface area contributed by atoms with E-state index in [0.29, 0.717) is 5.95 Å². The van der Waals surface area contributed by atoms with E-state index in [2.05, 4.69) is 21.1 Å². The van der Waals surface area contributed by atoms with Gasteiger partial charge in [-0.15, -0.1) is 11.8 Å². The van der Waals surface area contributed by atoms with Crippen molar-refractivity contribution in [2.45, 2.75) is 5.03 Å². The van der Waals surface area contributed by atoms with Gasteiger partial charge in [-0.3, -0.25) is 0 Å². The van der Waals surface area contributed by atoms with E-state index in [1.807, 2.05) is 67.2 Å². The molecule has 4 aromatic rings. The van der Waals surface area contributed by atoms with Crippen LogP contribution < -0.4 is 0 Å². The molecule has 2 aromatic carbocycles. The predicted molar refractivity (Wildman–Crippen MR) is 93.9 cm³/mol. The second kappa shape index (κ2) is 5.85. The Morgan fingerprint density at radius 3 is 2.26 bits per heavy atom. The lowest BCUT2D eigenvalue weighted by Crippen LogP contribution is -2.02. The molecule has 0 N–H and O–H groups in total. The summed E-state index contributed by atoms with van der Waals surface area (Å²) in [4.78, 5) is 9.01. The quantitative estimate of drug-likeness (QED) is 0.531. The van der Waals surface area contributed by atoms with Crippen LogP contribution in [-0.4, -0.2) is 26.0 Å². The molecule has 0 atom stereocenters. The Labute approximate surface area is 138 Å². The monoisotopic (exact) mass is 318 g/mol. The molecule has 4 nitrogen and oxygen atoms in total. The first kappa shape index (κ1) is 14.0. The van der Waals surface area contributed by atoms with Crippen LogP contribution in [0.4, 0.5) is 0 Å². The first-order valence-corrected chi connectivity index (χ1v) is 8.49. The maximum atomic E-state index is 4.64. The van der Waals surface area contributed by atoms with E-state index in [9.17, 15) is 0 Å². The highest BCUT2D eigenvalue weighted by molar-refractivity contribution is 7.98. The summed E-state index contributed by atoms with van der Waals surface area (Å²) in [6, 6.07) is 18.2. The van der Waals surface area contributed by atoms with E-state index in [4.69, 9.17) is 0 Å². The number of nitrogens with zero attached hydrogens (tertiary/aromatic N) is 4. The average Bonchev–Trinajstić information content (AvgIpc) is 3.01. The zero-order valence-electron chi connectivity index (χ0n) is 12.5. The van der Waals surface area contributed by atoms with Crippen LogP contribution in [0.3, 0.4) is 0 Å². The molecule has 23 heavy (non-hydrogen) atoms. The smallest absolute Gasteiger partial charge is 0.219 e. The lowest BCUT2D eigenvalue weighted by Gasteiger charge is -2.03. The van der Waals surface area contributed by atoms with Crippen LogP contribution in [0.1, 0.15) is 0 Å². The van der Waals surface area contributed by atoms with Crippen molar-refractivity contribution in [3.8, 4) is 17.1 Å². The molecule has 0 fully saturated rings. The number of benzene rings is 2. The van der Waals surface area contributed by atoms with Crippen molar-refractivity contribution < 1.29 is 0 Å². The molecule has 4 rings (SSSR count). The molecule has 0 saturated carbocycles. The van der Waals surface area contributed by atoms with Crippen LogP contribution in [0.15, 0.2) is 72.0 Å². The van der Waals surface area contributed by atoms with Gasteiger partial charge in [-0.25, -0.2) is 9.97 Å². The van der Waals surface area contributed by atoms with Crippen LogP contribution in [-0.2, 0) is 0 Å². The first-order valence-electron chi connectivity index (χ1n) is 7.26. The molecule has 0 aliphatic carbocycles. The van der Waals surface area contributed by atoms with Crippen molar-refractivity contribution in [3.63, 3.8) is 0 Å². The van der Waals surface area contributed by atoms with Gasteiger partial charge in [0, 0.05) is 23.3 Å². The zero-order chi connectivity index (χ0) is 15.6. The van der Waals surface area contributed by atoms with Crippen molar-refractivity contribution in [2.24, 2.45) is 0 Å². The average molecular weight is 318 g/mol. The number of fused-ring (bicyclic) bond motifs is 1. The van der Waals surface area contributed by atoms with Gasteiger partial charge in [0.15, 0.2) is 0 Å². The molecule has 0 radical (unpaired) electrons. The lowest BCUT2D eigenvalue weighted by atomic mass is 10.1. The van der Waals surface area contributed by atoms with Crippen LogP contribution in [0, 0.1) is 0 Å². The van der Waals surface area contributed by atoms with Gasteiger partial charge >= 0.3 is 0 Å². The van der Waals surface area contributed by atoms with Crippen LogP contribution in [0.25, 0.3) is 28.0 Å². The number of hydrogen-bond donors (Lipinski definition) is 0. The van der Waals surface area contributed by atoms with Gasteiger partial charge < -0.3 is 0 Å². The molecule has 0 aliphatic rings. The van der Waals surface area contributed by atoms with E-state index < -0.39 is 0 Å². The zero-order valence-corrected chi connectivity index (χ0v) is 13.4. The maximum Gasteiger partial charge on any atom is 0.251 e. The summed E-state index contributed by atoms with van der Waals surface area (Å²) in [7, 11) is 0. The second-order valence-corrected chi connectivity index (χ2v) is 5.87. The Hall–Kier alpha value is -2.66. The molecule has 5 heteroatoms. The normalized spacial score (nSPS) is 11.0. The number of hydrogen-bond acceptors (Lipinski definition) is 4. The minimum absolute atomic E-state index is 0.584. The van der Waals surface area contributed by atoms with Crippen LogP contribution in [0.5, 0.6) is 0 Å². The molecule has 0 amide bonds. The topological polar surface area (TPSA) is 43.6 Å². The third-order valence-electron chi connectivity index (χ3n) is 3.68. The SMILES string of the molecule is CSc1nn(-c2ncc(-c3ccccc3)cn2)c2ccccc12. The molecule has 0 aliphatic heterocycles.